The van der Waals surface area contributed by atoms with Crippen molar-refractivity contribution in [2.45, 2.75) is 26.4 Å². The van der Waals surface area contributed by atoms with Crippen LogP contribution >= 0.6 is 0 Å². The van der Waals surface area contributed by atoms with E-state index >= 15 is 0 Å². The van der Waals surface area contributed by atoms with Crippen LogP contribution in [-0.2, 0) is 0 Å². The van der Waals surface area contributed by atoms with Gasteiger partial charge in [0.05, 0.1) is 0 Å². The molecule has 0 saturated carbocycles. The third kappa shape index (κ3) is 2.32. The van der Waals surface area contributed by atoms with Gasteiger partial charge in [0.25, 0.3) is 0 Å². The Morgan fingerprint density at radius 3 is 2.64 bits per heavy atom. The Hall–Kier alpha value is -0.450. The van der Waals surface area contributed by atoms with Crippen molar-refractivity contribution < 1.29 is 4.74 Å². The van der Waals surface area contributed by atoms with Crippen LogP contribution in [0.1, 0.15) is 20.8 Å². The van der Waals surface area contributed by atoms with E-state index in [-0.39, 0.29) is 26.0 Å². The first kappa shape index (κ1) is 10.1. The Balaban J connectivity index is 2.35. The van der Waals surface area contributed by atoms with Crippen LogP contribution in [0.25, 0.3) is 8.79 Å². The van der Waals surface area contributed by atoms with Crippen LogP contribution in [0.15, 0.2) is 28.3 Å². The van der Waals surface area contributed by atoms with Gasteiger partial charge in [-0.25, -0.2) is 0 Å². The molecule has 14 heavy (non-hydrogen) atoms. The third-order valence-corrected chi connectivity index (χ3v) is 4.41. The summed E-state index contributed by atoms with van der Waals surface area (Å²) in [5.74, 6) is 0.982. The first-order chi connectivity index (χ1) is 6.54. The van der Waals surface area contributed by atoms with Gasteiger partial charge in [-0.15, -0.1) is 0 Å². The number of hydrogen-bond acceptors (Lipinski definition) is 1. The SMILES string of the molecule is CC(C)(C)Oc1ccc2[te]ccc2c1. The Labute approximate surface area is 94.3 Å². The van der Waals surface area contributed by atoms with Crippen LogP contribution in [0.4, 0.5) is 0 Å². The second kappa shape index (κ2) is 3.60. The van der Waals surface area contributed by atoms with Crippen LogP contribution in [0.3, 0.4) is 0 Å². The number of hydrogen-bond donors (Lipinski definition) is 0. The molecule has 0 aliphatic rings. The summed E-state index contributed by atoms with van der Waals surface area (Å²) in [4.78, 5) is 0. The predicted octanol–water partition coefficient (Wildman–Crippen LogP) is 3.07. The number of benzene rings is 1. The average molecular weight is 302 g/mol. The minimum absolute atomic E-state index is 0.0279. The number of ether oxygens (including phenoxy) is 1. The molecule has 0 saturated heterocycles. The first-order valence-corrected chi connectivity index (χ1v) is 7.22. The van der Waals surface area contributed by atoms with Gasteiger partial charge in [0.15, 0.2) is 0 Å². The molecule has 0 fully saturated rings. The molecule has 0 unspecified atom stereocenters. The predicted molar refractivity (Wildman–Crippen MR) is 61.3 cm³/mol. The van der Waals surface area contributed by atoms with E-state index in [9.17, 15) is 0 Å². The molecular formula is C12H14OTe. The van der Waals surface area contributed by atoms with Crippen molar-refractivity contribution in [1.82, 2.24) is 0 Å². The fourth-order valence-corrected chi connectivity index (χ4v) is 3.56. The second-order valence-corrected chi connectivity index (χ2v) is 7.04. The molecule has 0 bridgehead atoms. The molecular weight excluding hydrogens is 288 g/mol. The summed E-state index contributed by atoms with van der Waals surface area (Å²) < 4.78 is 9.65. The van der Waals surface area contributed by atoms with Crippen LogP contribution < -0.4 is 4.74 Å². The Morgan fingerprint density at radius 1 is 1.14 bits per heavy atom. The van der Waals surface area contributed by atoms with Gasteiger partial charge < -0.3 is 0 Å². The molecule has 0 aliphatic carbocycles. The van der Waals surface area contributed by atoms with Gasteiger partial charge in [-0.05, 0) is 0 Å². The van der Waals surface area contributed by atoms with Crippen molar-refractivity contribution in [3.05, 3.63) is 28.3 Å². The van der Waals surface area contributed by atoms with E-state index in [1.807, 2.05) is 0 Å². The molecule has 1 aromatic heterocycles. The van der Waals surface area contributed by atoms with Crippen molar-refractivity contribution in [3.63, 3.8) is 0 Å². The zero-order chi connectivity index (χ0) is 10.2. The summed E-state index contributed by atoms with van der Waals surface area (Å²) in [6.45, 7) is 6.22. The number of rotatable bonds is 1. The Kier molecular flexibility index (Phi) is 2.60. The monoisotopic (exact) mass is 304 g/mol. The summed E-state index contributed by atoms with van der Waals surface area (Å²) >= 11 is -0.0279. The fraction of sp³-hybridized carbons (Fsp3) is 0.333. The molecule has 0 amide bonds. The molecule has 0 radical (unpaired) electrons. The first-order valence-electron chi connectivity index (χ1n) is 4.71. The third-order valence-electron chi connectivity index (χ3n) is 1.85. The topological polar surface area (TPSA) is 9.23 Å². The van der Waals surface area contributed by atoms with Gasteiger partial charge in [0.2, 0.25) is 0 Å². The van der Waals surface area contributed by atoms with E-state index in [1.54, 1.807) is 0 Å². The Bertz CT molecular complexity index is 437. The molecule has 1 aromatic carbocycles. The van der Waals surface area contributed by atoms with E-state index in [0.29, 0.717) is 0 Å². The van der Waals surface area contributed by atoms with Crippen molar-refractivity contribution in [2.75, 3.05) is 0 Å². The molecule has 2 rings (SSSR count). The normalized spacial score (nSPS) is 11.9. The summed E-state index contributed by atoms with van der Waals surface area (Å²) in [5.41, 5.74) is -0.104. The standard InChI is InChI=1S/C12H14OTe/c1-12(2,3)13-10-4-5-11-9(8-10)6-7-14-11/h4-8H,1-3H3. The van der Waals surface area contributed by atoms with E-state index < -0.39 is 0 Å². The van der Waals surface area contributed by atoms with Crippen molar-refractivity contribution in [1.29, 1.82) is 0 Å². The molecule has 1 heterocycles. The minimum atomic E-state index is -0.104. The molecule has 2 heteroatoms. The molecule has 1 nitrogen and oxygen atoms in total. The summed E-state index contributed by atoms with van der Waals surface area (Å²) in [7, 11) is 0. The summed E-state index contributed by atoms with van der Waals surface area (Å²) in [6, 6.07) is 8.66. The van der Waals surface area contributed by atoms with Gasteiger partial charge >= 0.3 is 94.4 Å². The molecule has 0 atom stereocenters. The maximum atomic E-state index is 5.81. The van der Waals surface area contributed by atoms with E-state index in [2.05, 4.69) is 49.1 Å². The number of fused-ring (bicyclic) bond motifs is 1. The van der Waals surface area contributed by atoms with E-state index in [4.69, 9.17) is 4.74 Å². The van der Waals surface area contributed by atoms with E-state index in [0.717, 1.165) is 5.75 Å². The maximum absolute atomic E-state index is 5.81. The second-order valence-electron chi connectivity index (χ2n) is 4.33. The van der Waals surface area contributed by atoms with Crippen LogP contribution in [0, 0.1) is 0 Å². The van der Waals surface area contributed by atoms with Gasteiger partial charge in [-0.1, -0.05) is 0 Å². The summed E-state index contributed by atoms with van der Waals surface area (Å²) in [6.07, 6.45) is 0. The van der Waals surface area contributed by atoms with Gasteiger partial charge in [-0.3, -0.25) is 0 Å². The van der Waals surface area contributed by atoms with Crippen LogP contribution in [0.5, 0.6) is 5.75 Å². The van der Waals surface area contributed by atoms with Gasteiger partial charge in [-0.2, -0.15) is 0 Å². The molecule has 0 aliphatic heterocycles. The molecule has 0 spiro atoms. The fourth-order valence-electron chi connectivity index (χ4n) is 1.36. The van der Waals surface area contributed by atoms with Gasteiger partial charge in [0, 0.05) is 0 Å². The zero-order valence-corrected chi connectivity index (χ0v) is 11.0. The summed E-state index contributed by atoms with van der Waals surface area (Å²) in [5, 5.41) is 1.36. The zero-order valence-electron chi connectivity index (χ0n) is 8.70. The van der Waals surface area contributed by atoms with Crippen molar-refractivity contribution in [2.24, 2.45) is 0 Å². The Morgan fingerprint density at radius 2 is 1.93 bits per heavy atom. The molecule has 0 N–H and O–H groups in total. The van der Waals surface area contributed by atoms with Crippen LogP contribution in [0.2, 0.25) is 0 Å². The average Bonchev–Trinajstić information content (AvgIpc) is 2.47. The van der Waals surface area contributed by atoms with Crippen LogP contribution in [-0.4, -0.2) is 26.0 Å². The van der Waals surface area contributed by atoms with Crippen molar-refractivity contribution in [3.8, 4) is 5.75 Å². The quantitative estimate of drug-likeness (QED) is 0.736. The molecule has 2 aromatic rings. The van der Waals surface area contributed by atoms with Crippen molar-refractivity contribution >= 4 is 29.2 Å². The van der Waals surface area contributed by atoms with Gasteiger partial charge in [0.1, 0.15) is 0 Å². The van der Waals surface area contributed by atoms with E-state index in [1.165, 1.54) is 8.79 Å². The molecule has 74 valence electrons.